The van der Waals surface area contributed by atoms with Crippen LogP contribution in [0.4, 0.5) is 11.4 Å². The maximum atomic E-state index is 12.9. The van der Waals surface area contributed by atoms with Gasteiger partial charge in [0.25, 0.3) is 10.0 Å². The second kappa shape index (κ2) is 7.44. The third-order valence-electron chi connectivity index (χ3n) is 4.86. The number of thioether (sulfide) groups is 1. The fraction of sp³-hybridized carbons (Fsp3) is 0.238. The summed E-state index contributed by atoms with van der Waals surface area (Å²) in [5.41, 5.74) is 2.70. The first-order valence-corrected chi connectivity index (χ1v) is 11.6. The molecule has 0 spiro atoms. The van der Waals surface area contributed by atoms with Crippen molar-refractivity contribution >= 4 is 43.9 Å². The third kappa shape index (κ3) is 3.92. The largest absolute Gasteiger partial charge is 0.370 e. The summed E-state index contributed by atoms with van der Waals surface area (Å²) in [7, 11) is -3.63. The number of rotatable bonds is 4. The van der Waals surface area contributed by atoms with E-state index in [4.69, 9.17) is 0 Å². The molecule has 1 saturated heterocycles. The molecule has 1 fully saturated rings. The smallest absolute Gasteiger partial charge is 0.261 e. The molecule has 1 aliphatic rings. The topological polar surface area (TPSA) is 49.4 Å². The van der Waals surface area contributed by atoms with Gasteiger partial charge in [-0.15, -0.1) is 0 Å². The highest BCUT2D eigenvalue weighted by molar-refractivity contribution is 7.99. The molecular weight excluding hydrogens is 376 g/mol. The zero-order valence-corrected chi connectivity index (χ0v) is 16.8. The Morgan fingerprint density at radius 3 is 2.41 bits per heavy atom. The van der Waals surface area contributed by atoms with E-state index in [-0.39, 0.29) is 4.90 Å². The van der Waals surface area contributed by atoms with Crippen LogP contribution in [-0.4, -0.2) is 33.0 Å². The summed E-state index contributed by atoms with van der Waals surface area (Å²) in [5, 5.41) is 1.94. The molecule has 4 rings (SSSR count). The maximum absolute atomic E-state index is 12.9. The lowest BCUT2D eigenvalue weighted by Gasteiger charge is -2.29. The van der Waals surface area contributed by atoms with Gasteiger partial charge in [-0.2, -0.15) is 11.8 Å². The van der Waals surface area contributed by atoms with Gasteiger partial charge >= 0.3 is 0 Å². The predicted octanol–water partition coefficient (Wildman–Crippen LogP) is 4.50. The minimum Gasteiger partial charge on any atom is -0.370 e. The van der Waals surface area contributed by atoms with Crippen molar-refractivity contribution in [2.24, 2.45) is 0 Å². The van der Waals surface area contributed by atoms with E-state index in [1.807, 2.05) is 61.2 Å². The Kier molecular flexibility index (Phi) is 5.02. The fourth-order valence-corrected chi connectivity index (χ4v) is 5.39. The number of hydrogen-bond acceptors (Lipinski definition) is 4. The lowest BCUT2D eigenvalue weighted by Crippen LogP contribution is -2.32. The molecule has 1 heterocycles. The van der Waals surface area contributed by atoms with Gasteiger partial charge in [-0.1, -0.05) is 30.3 Å². The zero-order chi connectivity index (χ0) is 18.9. The molecule has 6 heteroatoms. The molecule has 3 aromatic rings. The van der Waals surface area contributed by atoms with Crippen molar-refractivity contribution in [2.75, 3.05) is 34.2 Å². The van der Waals surface area contributed by atoms with E-state index in [2.05, 4.69) is 15.7 Å². The summed E-state index contributed by atoms with van der Waals surface area (Å²) in [6, 6.07) is 18.9. The summed E-state index contributed by atoms with van der Waals surface area (Å²) in [6.45, 7) is 4.01. The summed E-state index contributed by atoms with van der Waals surface area (Å²) >= 11 is 1.97. The monoisotopic (exact) mass is 398 g/mol. The average Bonchev–Trinajstić information content (AvgIpc) is 2.69. The van der Waals surface area contributed by atoms with Crippen molar-refractivity contribution < 1.29 is 8.42 Å². The SMILES string of the molecule is Cc1cc(N2CCSCC2)ccc1NS(=O)(=O)c1ccc2ccccc2c1. The van der Waals surface area contributed by atoms with E-state index in [1.165, 1.54) is 0 Å². The first kappa shape index (κ1) is 18.2. The number of nitrogens with one attached hydrogen (secondary N) is 1. The van der Waals surface area contributed by atoms with Crippen LogP contribution < -0.4 is 9.62 Å². The normalized spacial score (nSPS) is 15.1. The van der Waals surface area contributed by atoms with E-state index >= 15 is 0 Å². The van der Waals surface area contributed by atoms with E-state index in [1.54, 1.807) is 12.1 Å². The van der Waals surface area contributed by atoms with Crippen LogP contribution in [0.5, 0.6) is 0 Å². The van der Waals surface area contributed by atoms with Crippen LogP contribution in [0, 0.1) is 6.92 Å². The minimum atomic E-state index is -3.63. The number of hydrogen-bond donors (Lipinski definition) is 1. The first-order chi connectivity index (χ1) is 13.0. The van der Waals surface area contributed by atoms with Crippen molar-refractivity contribution in [1.82, 2.24) is 0 Å². The minimum absolute atomic E-state index is 0.276. The van der Waals surface area contributed by atoms with Gasteiger partial charge in [-0.3, -0.25) is 4.72 Å². The Morgan fingerprint density at radius 2 is 1.67 bits per heavy atom. The molecule has 1 N–H and O–H groups in total. The first-order valence-electron chi connectivity index (χ1n) is 8.98. The highest BCUT2D eigenvalue weighted by Crippen LogP contribution is 2.27. The molecule has 140 valence electrons. The van der Waals surface area contributed by atoms with Crippen molar-refractivity contribution in [1.29, 1.82) is 0 Å². The Balaban J connectivity index is 1.59. The zero-order valence-electron chi connectivity index (χ0n) is 15.2. The molecular formula is C21H22N2O2S2. The molecule has 3 aromatic carbocycles. The second-order valence-electron chi connectivity index (χ2n) is 6.71. The standard InChI is InChI=1S/C21H22N2O2S2/c1-16-14-19(23-10-12-26-13-11-23)7-9-21(16)22-27(24,25)20-8-6-17-4-2-3-5-18(17)15-20/h2-9,14-15,22H,10-13H2,1H3. The lowest BCUT2D eigenvalue weighted by molar-refractivity contribution is 0.601. The molecule has 0 aliphatic carbocycles. The second-order valence-corrected chi connectivity index (χ2v) is 9.62. The van der Waals surface area contributed by atoms with Crippen LogP contribution in [0.2, 0.25) is 0 Å². The van der Waals surface area contributed by atoms with Gasteiger partial charge in [0.2, 0.25) is 0 Å². The summed E-state index contributed by atoms with van der Waals surface area (Å²) in [6.07, 6.45) is 0. The van der Waals surface area contributed by atoms with Gasteiger partial charge in [0, 0.05) is 30.3 Å². The van der Waals surface area contributed by atoms with E-state index in [9.17, 15) is 8.42 Å². The highest BCUT2D eigenvalue weighted by atomic mass is 32.2. The fourth-order valence-electron chi connectivity index (χ4n) is 3.32. The van der Waals surface area contributed by atoms with Gasteiger partial charge < -0.3 is 4.90 Å². The molecule has 27 heavy (non-hydrogen) atoms. The number of nitrogens with zero attached hydrogens (tertiary/aromatic N) is 1. The molecule has 0 radical (unpaired) electrons. The Morgan fingerprint density at radius 1 is 0.926 bits per heavy atom. The molecule has 1 aliphatic heterocycles. The number of anilines is 2. The van der Waals surface area contributed by atoms with E-state index < -0.39 is 10.0 Å². The van der Waals surface area contributed by atoms with Gasteiger partial charge in [0.1, 0.15) is 0 Å². The van der Waals surface area contributed by atoms with Crippen LogP contribution in [0.25, 0.3) is 10.8 Å². The average molecular weight is 399 g/mol. The Hall–Kier alpha value is -2.18. The van der Waals surface area contributed by atoms with Crippen molar-refractivity contribution in [3.63, 3.8) is 0 Å². The Bertz CT molecular complexity index is 1070. The van der Waals surface area contributed by atoms with Gasteiger partial charge in [-0.05, 0) is 53.6 Å². The quantitative estimate of drug-likeness (QED) is 0.703. The van der Waals surface area contributed by atoms with E-state index in [0.717, 1.165) is 46.6 Å². The predicted molar refractivity (Wildman–Crippen MR) is 115 cm³/mol. The molecule has 0 atom stereocenters. The molecule has 0 unspecified atom stereocenters. The van der Waals surface area contributed by atoms with Crippen LogP contribution in [0.3, 0.4) is 0 Å². The summed E-state index contributed by atoms with van der Waals surface area (Å²) in [4.78, 5) is 2.63. The number of sulfonamides is 1. The van der Waals surface area contributed by atoms with Crippen LogP contribution in [-0.2, 0) is 10.0 Å². The molecule has 0 saturated carbocycles. The number of fused-ring (bicyclic) bond motifs is 1. The maximum Gasteiger partial charge on any atom is 0.261 e. The molecule has 0 aromatic heterocycles. The van der Waals surface area contributed by atoms with Gasteiger partial charge in [0.15, 0.2) is 0 Å². The van der Waals surface area contributed by atoms with Crippen LogP contribution in [0.15, 0.2) is 65.6 Å². The van der Waals surface area contributed by atoms with E-state index in [0.29, 0.717) is 5.69 Å². The van der Waals surface area contributed by atoms with Crippen LogP contribution >= 0.6 is 11.8 Å². The molecule has 0 amide bonds. The van der Waals surface area contributed by atoms with Gasteiger partial charge in [-0.25, -0.2) is 8.42 Å². The lowest BCUT2D eigenvalue weighted by atomic mass is 10.1. The molecule has 4 nitrogen and oxygen atoms in total. The summed E-state index contributed by atoms with van der Waals surface area (Å²) < 4.78 is 28.5. The van der Waals surface area contributed by atoms with Gasteiger partial charge in [0.05, 0.1) is 10.6 Å². The Labute approximate surface area is 164 Å². The van der Waals surface area contributed by atoms with Crippen molar-refractivity contribution in [3.8, 4) is 0 Å². The summed E-state index contributed by atoms with van der Waals surface area (Å²) in [5.74, 6) is 2.27. The highest BCUT2D eigenvalue weighted by Gasteiger charge is 2.17. The van der Waals surface area contributed by atoms with Crippen molar-refractivity contribution in [3.05, 3.63) is 66.2 Å². The number of benzene rings is 3. The van der Waals surface area contributed by atoms with Crippen LogP contribution in [0.1, 0.15) is 5.56 Å². The number of aryl methyl sites for hydroxylation is 1. The third-order valence-corrected chi connectivity index (χ3v) is 7.17. The van der Waals surface area contributed by atoms with Crippen molar-refractivity contribution in [2.45, 2.75) is 11.8 Å². The molecule has 0 bridgehead atoms.